The number of nitrogens with zero attached hydrogens (tertiary/aromatic N) is 1. The van der Waals surface area contributed by atoms with Gasteiger partial charge in [-0.25, -0.2) is 8.78 Å². The van der Waals surface area contributed by atoms with Crippen LogP contribution in [-0.2, 0) is 11.4 Å². The minimum absolute atomic E-state index is 0.0968. The van der Waals surface area contributed by atoms with Gasteiger partial charge >= 0.3 is 0 Å². The molecule has 0 bridgehead atoms. The minimum Gasteiger partial charge on any atom is -0.493 e. The number of ether oxygens (including phenoxy) is 2. The second kappa shape index (κ2) is 10.4. The predicted molar refractivity (Wildman–Crippen MR) is 138 cm³/mol. The lowest BCUT2D eigenvalue weighted by Gasteiger charge is -2.15. The van der Waals surface area contributed by atoms with Crippen molar-refractivity contribution >= 4 is 73.5 Å². The molecule has 0 spiro atoms. The van der Waals surface area contributed by atoms with Crippen LogP contribution in [0.5, 0.6) is 11.5 Å². The molecule has 0 saturated carbocycles. The molecule has 0 atom stereocenters. The SMILES string of the molecule is COc1cc(/C=C2/SC(=S)N(c3ccc(F)c(Cl)c3)C2=O)cc(Br)c1OCc1ccc(F)cc1. The summed E-state index contributed by atoms with van der Waals surface area (Å²) in [6, 6.07) is 13.5. The maximum atomic E-state index is 13.5. The number of hydrogen-bond acceptors (Lipinski definition) is 5. The molecule has 1 aliphatic heterocycles. The van der Waals surface area contributed by atoms with E-state index < -0.39 is 5.82 Å². The highest BCUT2D eigenvalue weighted by Crippen LogP contribution is 2.40. The third kappa shape index (κ3) is 5.27. The Morgan fingerprint density at radius 3 is 2.56 bits per heavy atom. The predicted octanol–water partition coefficient (Wildman–Crippen LogP) is 7.37. The molecule has 1 heterocycles. The summed E-state index contributed by atoms with van der Waals surface area (Å²) in [4.78, 5) is 14.7. The monoisotopic (exact) mass is 581 g/mol. The number of hydrogen-bond donors (Lipinski definition) is 0. The van der Waals surface area contributed by atoms with E-state index in [1.807, 2.05) is 0 Å². The number of carbonyl (C=O) groups excluding carboxylic acids is 1. The molecule has 1 fully saturated rings. The quantitative estimate of drug-likeness (QED) is 0.224. The molecule has 4 nitrogen and oxygen atoms in total. The molecule has 1 amide bonds. The van der Waals surface area contributed by atoms with Crippen LogP contribution in [0.25, 0.3) is 6.08 Å². The maximum absolute atomic E-state index is 13.5. The van der Waals surface area contributed by atoms with Crippen LogP contribution in [-0.4, -0.2) is 17.3 Å². The number of benzene rings is 3. The first-order valence-electron chi connectivity index (χ1n) is 9.74. The zero-order valence-electron chi connectivity index (χ0n) is 17.5. The number of thioether (sulfide) groups is 1. The van der Waals surface area contributed by atoms with Gasteiger partial charge in [-0.05, 0) is 75.6 Å². The molecule has 0 N–H and O–H groups in total. The lowest BCUT2D eigenvalue weighted by atomic mass is 10.1. The van der Waals surface area contributed by atoms with Crippen molar-refractivity contribution in [1.29, 1.82) is 0 Å². The van der Waals surface area contributed by atoms with E-state index in [0.29, 0.717) is 36.4 Å². The summed E-state index contributed by atoms with van der Waals surface area (Å²) in [6.07, 6.45) is 1.68. The lowest BCUT2D eigenvalue weighted by Crippen LogP contribution is -2.27. The molecule has 174 valence electrons. The third-order valence-corrected chi connectivity index (χ3v) is 6.98. The fraction of sp³-hybridized carbons (Fsp3) is 0.0833. The summed E-state index contributed by atoms with van der Waals surface area (Å²) in [5, 5.41) is -0.0968. The van der Waals surface area contributed by atoms with E-state index in [4.69, 9.17) is 33.3 Å². The van der Waals surface area contributed by atoms with E-state index in [1.54, 1.807) is 30.3 Å². The Hall–Kier alpha value is -2.46. The minimum atomic E-state index is -0.579. The fourth-order valence-electron chi connectivity index (χ4n) is 3.17. The molecule has 0 aromatic heterocycles. The average Bonchev–Trinajstić information content (AvgIpc) is 3.08. The van der Waals surface area contributed by atoms with Gasteiger partial charge in [-0.2, -0.15) is 0 Å². The van der Waals surface area contributed by atoms with Crippen LogP contribution in [0.1, 0.15) is 11.1 Å². The Kier molecular flexibility index (Phi) is 7.57. The van der Waals surface area contributed by atoms with E-state index in [0.717, 1.165) is 17.3 Å². The Morgan fingerprint density at radius 1 is 1.15 bits per heavy atom. The van der Waals surface area contributed by atoms with Crippen molar-refractivity contribution in [2.24, 2.45) is 0 Å². The van der Waals surface area contributed by atoms with Gasteiger partial charge in [0.15, 0.2) is 15.8 Å². The smallest absolute Gasteiger partial charge is 0.270 e. The molecule has 34 heavy (non-hydrogen) atoms. The Morgan fingerprint density at radius 2 is 1.88 bits per heavy atom. The Bertz CT molecular complexity index is 1320. The van der Waals surface area contributed by atoms with Crippen LogP contribution in [0.3, 0.4) is 0 Å². The van der Waals surface area contributed by atoms with Gasteiger partial charge in [0.25, 0.3) is 5.91 Å². The molecular formula is C24H15BrClF2NO3S2. The number of halogens is 4. The van der Waals surface area contributed by atoms with Crippen molar-refractivity contribution < 1.29 is 23.0 Å². The van der Waals surface area contributed by atoms with Crippen LogP contribution >= 0.6 is 51.5 Å². The van der Waals surface area contributed by atoms with Gasteiger partial charge < -0.3 is 9.47 Å². The van der Waals surface area contributed by atoms with E-state index in [1.165, 1.54) is 42.3 Å². The standard InChI is InChI=1S/C24H15BrClF2NO3S2/c1-31-20-9-14(8-17(25)22(20)32-12-13-2-4-15(27)5-3-13)10-21-23(30)29(24(33)34-21)16-6-7-19(28)18(26)11-16/h2-11H,12H2,1H3/b21-10+. The maximum Gasteiger partial charge on any atom is 0.270 e. The summed E-state index contributed by atoms with van der Waals surface area (Å²) < 4.78 is 38.9. The molecule has 1 saturated heterocycles. The highest BCUT2D eigenvalue weighted by molar-refractivity contribution is 9.10. The van der Waals surface area contributed by atoms with Crippen molar-refractivity contribution in [3.8, 4) is 11.5 Å². The van der Waals surface area contributed by atoms with Gasteiger partial charge in [0.2, 0.25) is 0 Å². The zero-order valence-corrected chi connectivity index (χ0v) is 21.5. The van der Waals surface area contributed by atoms with Gasteiger partial charge in [0, 0.05) is 0 Å². The molecule has 0 unspecified atom stereocenters. The van der Waals surface area contributed by atoms with Crippen LogP contribution in [0.2, 0.25) is 5.02 Å². The summed E-state index contributed by atoms with van der Waals surface area (Å²) in [5.74, 6) is -0.324. The number of anilines is 1. The number of amides is 1. The topological polar surface area (TPSA) is 38.8 Å². The normalized spacial score (nSPS) is 14.7. The summed E-state index contributed by atoms with van der Waals surface area (Å²) in [6.45, 7) is 0.216. The van der Waals surface area contributed by atoms with Crippen molar-refractivity contribution in [2.45, 2.75) is 6.61 Å². The van der Waals surface area contributed by atoms with Gasteiger partial charge in [-0.3, -0.25) is 9.69 Å². The van der Waals surface area contributed by atoms with Crippen LogP contribution < -0.4 is 14.4 Å². The number of thiocarbonyl (C=S) groups is 1. The molecule has 1 aliphatic rings. The Labute approximate surface area is 217 Å². The van der Waals surface area contributed by atoms with Gasteiger partial charge in [-0.1, -0.05) is 47.7 Å². The highest BCUT2D eigenvalue weighted by Gasteiger charge is 2.33. The van der Waals surface area contributed by atoms with Gasteiger partial charge in [-0.15, -0.1) is 0 Å². The summed E-state index contributed by atoms with van der Waals surface area (Å²) >= 11 is 15.9. The second-order valence-corrected chi connectivity index (χ2v) is 10.0. The molecule has 0 aliphatic carbocycles. The molecular weight excluding hydrogens is 568 g/mol. The van der Waals surface area contributed by atoms with E-state index in [9.17, 15) is 13.6 Å². The number of rotatable bonds is 6. The van der Waals surface area contributed by atoms with Crippen molar-refractivity contribution in [1.82, 2.24) is 0 Å². The van der Waals surface area contributed by atoms with Crippen LogP contribution in [0.15, 0.2) is 64.0 Å². The first kappa shape index (κ1) is 24.7. The van der Waals surface area contributed by atoms with Crippen molar-refractivity contribution in [3.63, 3.8) is 0 Å². The number of methoxy groups -OCH3 is 1. The van der Waals surface area contributed by atoms with Crippen LogP contribution in [0, 0.1) is 11.6 Å². The first-order chi connectivity index (χ1) is 16.3. The van der Waals surface area contributed by atoms with E-state index in [-0.39, 0.29) is 23.4 Å². The molecule has 3 aromatic rings. The number of carbonyl (C=O) groups is 1. The van der Waals surface area contributed by atoms with Gasteiger partial charge in [0.1, 0.15) is 18.2 Å². The second-order valence-electron chi connectivity index (χ2n) is 7.06. The summed E-state index contributed by atoms with van der Waals surface area (Å²) in [7, 11) is 1.51. The van der Waals surface area contributed by atoms with Crippen molar-refractivity contribution in [3.05, 3.63) is 91.8 Å². The largest absolute Gasteiger partial charge is 0.493 e. The first-order valence-corrected chi connectivity index (χ1v) is 12.1. The highest BCUT2D eigenvalue weighted by atomic mass is 79.9. The lowest BCUT2D eigenvalue weighted by molar-refractivity contribution is -0.113. The fourth-order valence-corrected chi connectivity index (χ4v) is 5.21. The third-order valence-electron chi connectivity index (χ3n) is 4.80. The van der Waals surface area contributed by atoms with Crippen LogP contribution in [0.4, 0.5) is 14.5 Å². The molecule has 4 rings (SSSR count). The summed E-state index contributed by atoms with van der Waals surface area (Å²) in [5.41, 5.74) is 1.86. The van der Waals surface area contributed by atoms with E-state index >= 15 is 0 Å². The zero-order chi connectivity index (χ0) is 24.4. The van der Waals surface area contributed by atoms with Gasteiger partial charge in [0.05, 0.1) is 27.2 Å². The average molecular weight is 583 g/mol. The molecule has 10 heteroatoms. The van der Waals surface area contributed by atoms with E-state index in [2.05, 4.69) is 15.9 Å². The molecule has 0 radical (unpaired) electrons. The molecule has 3 aromatic carbocycles. The Balaban J connectivity index is 1.58. The van der Waals surface area contributed by atoms with Crippen molar-refractivity contribution in [2.75, 3.05) is 12.0 Å².